The van der Waals surface area contributed by atoms with E-state index in [1.54, 1.807) is 24.3 Å². The van der Waals surface area contributed by atoms with Crippen molar-refractivity contribution in [2.45, 2.75) is 0 Å². The topological polar surface area (TPSA) is 87.7 Å². The van der Waals surface area contributed by atoms with Gasteiger partial charge in [0.1, 0.15) is 0 Å². The summed E-state index contributed by atoms with van der Waals surface area (Å²) in [5, 5.41) is 2.61. The molecule has 128 valence electrons. The van der Waals surface area contributed by atoms with Crippen LogP contribution in [-0.4, -0.2) is 70.9 Å². The van der Waals surface area contributed by atoms with Gasteiger partial charge in [0.2, 0.25) is 10.0 Å². The van der Waals surface area contributed by atoms with Gasteiger partial charge in [-0.25, -0.2) is 13.1 Å². The van der Waals surface area contributed by atoms with Crippen molar-refractivity contribution in [2.75, 3.05) is 51.7 Å². The van der Waals surface area contributed by atoms with Crippen molar-refractivity contribution < 1.29 is 17.9 Å². The number of nitrogens with zero attached hydrogens (tertiary/aromatic N) is 1. The maximum absolute atomic E-state index is 11.9. The Hall–Kier alpha value is -1.48. The molecule has 1 aliphatic heterocycles. The molecule has 2 N–H and O–H groups in total. The number of amides is 1. The molecule has 1 aromatic carbocycles. The van der Waals surface area contributed by atoms with E-state index in [4.69, 9.17) is 4.74 Å². The van der Waals surface area contributed by atoms with Crippen molar-refractivity contribution in [3.05, 3.63) is 35.9 Å². The van der Waals surface area contributed by atoms with E-state index in [2.05, 4.69) is 14.9 Å². The minimum absolute atomic E-state index is 0.0839. The summed E-state index contributed by atoms with van der Waals surface area (Å²) < 4.78 is 31.6. The molecule has 0 aliphatic carbocycles. The SMILES string of the molecule is O=C(NCCS(=O)(=O)NCCN1CCOCC1)c1ccccc1. The van der Waals surface area contributed by atoms with Crippen LogP contribution in [0.1, 0.15) is 10.4 Å². The van der Waals surface area contributed by atoms with Gasteiger partial charge in [-0.15, -0.1) is 0 Å². The maximum Gasteiger partial charge on any atom is 0.251 e. The highest BCUT2D eigenvalue weighted by Gasteiger charge is 2.14. The van der Waals surface area contributed by atoms with Crippen molar-refractivity contribution in [2.24, 2.45) is 0 Å². The molecule has 0 unspecified atom stereocenters. The highest BCUT2D eigenvalue weighted by Crippen LogP contribution is 1.98. The Bertz CT molecular complexity index is 586. The molecule has 0 atom stereocenters. The number of morpholine rings is 1. The molecule has 1 fully saturated rings. The normalized spacial score (nSPS) is 16.2. The molecule has 1 heterocycles. The third-order valence-corrected chi connectivity index (χ3v) is 4.93. The van der Waals surface area contributed by atoms with E-state index in [1.165, 1.54) is 0 Å². The van der Waals surface area contributed by atoms with Crippen molar-refractivity contribution >= 4 is 15.9 Å². The maximum atomic E-state index is 11.9. The number of hydrogen-bond donors (Lipinski definition) is 2. The number of carbonyl (C=O) groups is 1. The van der Waals surface area contributed by atoms with Crippen molar-refractivity contribution in [1.82, 2.24) is 14.9 Å². The summed E-state index contributed by atoms with van der Waals surface area (Å²) in [6.45, 7) is 4.16. The number of nitrogens with one attached hydrogen (secondary N) is 2. The first kappa shape index (κ1) is 17.9. The van der Waals surface area contributed by atoms with Crippen LogP contribution in [0.3, 0.4) is 0 Å². The number of sulfonamides is 1. The van der Waals surface area contributed by atoms with Crippen molar-refractivity contribution in [3.8, 4) is 0 Å². The Kier molecular flexibility index (Phi) is 6.97. The average Bonchev–Trinajstić information content (AvgIpc) is 2.56. The second-order valence-corrected chi connectivity index (χ2v) is 7.22. The number of rotatable bonds is 8. The summed E-state index contributed by atoms with van der Waals surface area (Å²) in [6, 6.07) is 8.71. The van der Waals surface area contributed by atoms with Gasteiger partial charge in [0.05, 0.1) is 19.0 Å². The first-order valence-electron chi connectivity index (χ1n) is 7.67. The van der Waals surface area contributed by atoms with E-state index >= 15 is 0 Å². The van der Waals surface area contributed by atoms with Crippen LogP contribution in [-0.2, 0) is 14.8 Å². The molecule has 0 spiro atoms. The van der Waals surface area contributed by atoms with Gasteiger partial charge in [-0.1, -0.05) is 18.2 Å². The predicted octanol–water partition coefficient (Wildman–Crippen LogP) is -0.332. The molecule has 1 aromatic rings. The van der Waals surface area contributed by atoms with Crippen LogP contribution < -0.4 is 10.0 Å². The molecule has 0 radical (unpaired) electrons. The van der Waals surface area contributed by atoms with Crippen LogP contribution in [0.15, 0.2) is 30.3 Å². The molecule has 1 saturated heterocycles. The van der Waals surface area contributed by atoms with Crippen LogP contribution in [0.4, 0.5) is 0 Å². The van der Waals surface area contributed by atoms with Crippen LogP contribution >= 0.6 is 0 Å². The lowest BCUT2D eigenvalue weighted by Crippen LogP contribution is -2.42. The highest BCUT2D eigenvalue weighted by atomic mass is 32.2. The van der Waals surface area contributed by atoms with Gasteiger partial charge in [0.25, 0.3) is 5.91 Å². The fourth-order valence-corrected chi connectivity index (χ4v) is 3.16. The summed E-state index contributed by atoms with van der Waals surface area (Å²) in [6.07, 6.45) is 0. The van der Waals surface area contributed by atoms with Gasteiger partial charge in [-0.05, 0) is 12.1 Å². The van der Waals surface area contributed by atoms with E-state index in [9.17, 15) is 13.2 Å². The molecular weight excluding hydrogens is 318 g/mol. The molecule has 2 rings (SSSR count). The van der Waals surface area contributed by atoms with E-state index in [0.29, 0.717) is 31.9 Å². The molecule has 0 saturated carbocycles. The number of carbonyl (C=O) groups excluding carboxylic acids is 1. The average molecular weight is 341 g/mol. The number of ether oxygens (including phenoxy) is 1. The fourth-order valence-electron chi connectivity index (χ4n) is 2.25. The lowest BCUT2D eigenvalue weighted by atomic mass is 10.2. The van der Waals surface area contributed by atoms with E-state index in [-0.39, 0.29) is 18.2 Å². The molecule has 8 heteroatoms. The monoisotopic (exact) mass is 341 g/mol. The van der Waals surface area contributed by atoms with E-state index in [0.717, 1.165) is 13.1 Å². The van der Waals surface area contributed by atoms with E-state index in [1.807, 2.05) is 6.07 Å². The third kappa shape index (κ3) is 6.66. The largest absolute Gasteiger partial charge is 0.379 e. The zero-order valence-corrected chi connectivity index (χ0v) is 13.8. The zero-order valence-electron chi connectivity index (χ0n) is 13.0. The number of benzene rings is 1. The quantitative estimate of drug-likeness (QED) is 0.676. The second kappa shape index (κ2) is 8.97. The molecule has 7 nitrogen and oxygen atoms in total. The molecule has 23 heavy (non-hydrogen) atoms. The smallest absolute Gasteiger partial charge is 0.251 e. The van der Waals surface area contributed by atoms with Gasteiger partial charge < -0.3 is 10.1 Å². The van der Waals surface area contributed by atoms with Crippen LogP contribution in [0.25, 0.3) is 0 Å². The molecule has 0 bridgehead atoms. The predicted molar refractivity (Wildman–Crippen MR) is 87.8 cm³/mol. The minimum atomic E-state index is -3.38. The second-order valence-electron chi connectivity index (χ2n) is 5.29. The van der Waals surface area contributed by atoms with Gasteiger partial charge in [0, 0.05) is 38.3 Å². The summed E-state index contributed by atoms with van der Waals surface area (Å²) in [5.41, 5.74) is 0.519. The summed E-state index contributed by atoms with van der Waals surface area (Å²) >= 11 is 0. The standard InChI is InChI=1S/C15H23N3O4S/c19-15(14-4-2-1-3-5-14)16-7-13-23(20,21)17-6-8-18-9-11-22-12-10-18/h1-5,17H,6-13H2,(H,16,19). The zero-order chi connectivity index (χ0) is 16.5. The first-order chi connectivity index (χ1) is 11.1. The highest BCUT2D eigenvalue weighted by molar-refractivity contribution is 7.89. The Morgan fingerprint density at radius 1 is 1.13 bits per heavy atom. The van der Waals surface area contributed by atoms with Gasteiger partial charge in [0.15, 0.2) is 0 Å². The van der Waals surface area contributed by atoms with Crippen LogP contribution in [0.2, 0.25) is 0 Å². The van der Waals surface area contributed by atoms with Crippen molar-refractivity contribution in [1.29, 1.82) is 0 Å². The summed E-state index contributed by atoms with van der Waals surface area (Å²) in [4.78, 5) is 14.0. The molecule has 1 amide bonds. The molecule has 1 aliphatic rings. The Labute approximate surface area is 137 Å². The van der Waals surface area contributed by atoms with Gasteiger partial charge >= 0.3 is 0 Å². The Morgan fingerprint density at radius 2 is 1.83 bits per heavy atom. The lowest BCUT2D eigenvalue weighted by molar-refractivity contribution is 0.0390. The van der Waals surface area contributed by atoms with E-state index < -0.39 is 10.0 Å². The fraction of sp³-hybridized carbons (Fsp3) is 0.533. The first-order valence-corrected chi connectivity index (χ1v) is 9.33. The lowest BCUT2D eigenvalue weighted by Gasteiger charge is -2.26. The van der Waals surface area contributed by atoms with Gasteiger partial charge in [-0.2, -0.15) is 0 Å². The van der Waals surface area contributed by atoms with Crippen molar-refractivity contribution in [3.63, 3.8) is 0 Å². The third-order valence-electron chi connectivity index (χ3n) is 3.55. The molecule has 0 aromatic heterocycles. The minimum Gasteiger partial charge on any atom is -0.379 e. The van der Waals surface area contributed by atoms with Gasteiger partial charge in [-0.3, -0.25) is 9.69 Å². The van der Waals surface area contributed by atoms with Crippen LogP contribution in [0.5, 0.6) is 0 Å². The number of hydrogen-bond acceptors (Lipinski definition) is 5. The molecular formula is C15H23N3O4S. The summed E-state index contributed by atoms with van der Waals surface area (Å²) in [7, 11) is -3.38. The Balaban J connectivity index is 1.64. The summed E-state index contributed by atoms with van der Waals surface area (Å²) in [5.74, 6) is -0.400. The van der Waals surface area contributed by atoms with Crippen LogP contribution in [0, 0.1) is 0 Å². The Morgan fingerprint density at radius 3 is 2.52 bits per heavy atom.